The van der Waals surface area contributed by atoms with Crippen molar-refractivity contribution >= 4 is 16.7 Å². The zero-order valence-electron chi connectivity index (χ0n) is 15.3. The lowest BCUT2D eigenvalue weighted by atomic mass is 10.1. The lowest BCUT2D eigenvalue weighted by Crippen LogP contribution is -2.28. The van der Waals surface area contributed by atoms with Gasteiger partial charge in [0.05, 0.1) is 5.39 Å². The minimum atomic E-state index is -0.215. The van der Waals surface area contributed by atoms with Crippen LogP contribution in [0.25, 0.3) is 10.8 Å². The van der Waals surface area contributed by atoms with Crippen molar-refractivity contribution in [2.24, 2.45) is 0 Å². The number of benzene rings is 2. The molecular weight excluding hydrogens is 340 g/mol. The van der Waals surface area contributed by atoms with Crippen LogP contribution in [-0.4, -0.2) is 17.1 Å². The van der Waals surface area contributed by atoms with Crippen LogP contribution >= 0.6 is 0 Å². The van der Waals surface area contributed by atoms with Crippen molar-refractivity contribution in [2.75, 3.05) is 6.61 Å². The smallest absolute Gasteiger partial charge is 0.258 e. The van der Waals surface area contributed by atoms with Crippen molar-refractivity contribution in [3.63, 3.8) is 0 Å². The van der Waals surface area contributed by atoms with Gasteiger partial charge in [-0.3, -0.25) is 9.59 Å². The zero-order valence-corrected chi connectivity index (χ0v) is 15.3. The maximum Gasteiger partial charge on any atom is 0.258 e. The van der Waals surface area contributed by atoms with E-state index in [4.69, 9.17) is 4.74 Å². The third kappa shape index (κ3) is 4.44. The van der Waals surface area contributed by atoms with E-state index < -0.39 is 0 Å². The fourth-order valence-electron chi connectivity index (χ4n) is 2.80. The Labute approximate surface area is 157 Å². The Kier molecular flexibility index (Phi) is 5.71. The molecule has 3 rings (SSSR count). The monoisotopic (exact) mass is 362 g/mol. The first-order chi connectivity index (χ1) is 13.1. The number of aryl methyl sites for hydroxylation is 1. The third-order valence-corrected chi connectivity index (χ3v) is 4.27. The van der Waals surface area contributed by atoms with Crippen LogP contribution in [0.3, 0.4) is 0 Å². The number of amides is 1. The van der Waals surface area contributed by atoms with E-state index in [-0.39, 0.29) is 18.1 Å². The molecule has 0 saturated carbocycles. The molecule has 1 aromatic heterocycles. The predicted octanol–water partition coefficient (Wildman–Crippen LogP) is 3.19. The van der Waals surface area contributed by atoms with E-state index in [0.717, 1.165) is 5.56 Å². The van der Waals surface area contributed by atoms with Crippen LogP contribution in [0.5, 0.6) is 5.75 Å². The highest BCUT2D eigenvalue weighted by atomic mass is 16.5. The number of aromatic nitrogens is 1. The molecule has 0 saturated heterocycles. The van der Waals surface area contributed by atoms with Gasteiger partial charge in [0.2, 0.25) is 0 Å². The second kappa shape index (κ2) is 8.36. The Hall–Kier alpha value is -3.34. The van der Waals surface area contributed by atoms with Gasteiger partial charge in [0.15, 0.2) is 6.61 Å². The summed E-state index contributed by atoms with van der Waals surface area (Å²) in [6, 6.07) is 15.1. The molecule has 0 spiro atoms. The van der Waals surface area contributed by atoms with Gasteiger partial charge in [0.25, 0.3) is 11.5 Å². The van der Waals surface area contributed by atoms with Crippen LogP contribution in [-0.2, 0) is 17.9 Å². The number of ether oxygens (including phenoxy) is 1. The quantitative estimate of drug-likeness (QED) is 0.657. The van der Waals surface area contributed by atoms with Gasteiger partial charge in [-0.1, -0.05) is 42.0 Å². The third-order valence-electron chi connectivity index (χ3n) is 4.27. The number of carbonyl (C=O) groups excluding carboxylic acids is 1. The van der Waals surface area contributed by atoms with Gasteiger partial charge in [-0.15, -0.1) is 6.58 Å². The van der Waals surface area contributed by atoms with Gasteiger partial charge in [-0.25, -0.2) is 0 Å². The molecule has 1 N–H and O–H groups in total. The van der Waals surface area contributed by atoms with Crippen LogP contribution in [0, 0.1) is 6.92 Å². The Balaban J connectivity index is 1.66. The number of hydrogen-bond donors (Lipinski definition) is 1. The molecule has 0 bridgehead atoms. The summed E-state index contributed by atoms with van der Waals surface area (Å²) in [6.07, 6.45) is 3.38. The van der Waals surface area contributed by atoms with Crippen LogP contribution in [0.1, 0.15) is 11.1 Å². The molecule has 2 aromatic carbocycles. The van der Waals surface area contributed by atoms with E-state index in [2.05, 4.69) is 11.9 Å². The minimum absolute atomic E-state index is 0.110. The summed E-state index contributed by atoms with van der Waals surface area (Å²) in [5.41, 5.74) is 2.10. The summed E-state index contributed by atoms with van der Waals surface area (Å²) in [4.78, 5) is 24.6. The molecular formula is C22H22N2O3. The molecule has 0 unspecified atom stereocenters. The second-order valence-corrected chi connectivity index (χ2v) is 6.33. The average Bonchev–Trinajstić information content (AvgIpc) is 2.68. The molecule has 5 nitrogen and oxygen atoms in total. The molecule has 0 atom stereocenters. The van der Waals surface area contributed by atoms with Gasteiger partial charge in [0.1, 0.15) is 5.75 Å². The largest absolute Gasteiger partial charge is 0.483 e. The van der Waals surface area contributed by atoms with E-state index in [1.54, 1.807) is 35.0 Å². The molecule has 5 heteroatoms. The standard InChI is InChI=1S/C22H22N2O3/c1-3-12-24-13-11-18-19(22(24)26)5-4-6-20(18)27-15-21(25)23-14-17-9-7-16(2)8-10-17/h3-11,13H,1,12,14-15H2,2H3,(H,23,25). The first kappa shape index (κ1) is 18.5. The highest BCUT2D eigenvalue weighted by molar-refractivity contribution is 5.88. The van der Waals surface area contributed by atoms with Crippen molar-refractivity contribution in [3.05, 3.63) is 88.9 Å². The average molecular weight is 362 g/mol. The number of allylic oxidation sites excluding steroid dienone is 1. The zero-order chi connectivity index (χ0) is 19.2. The van der Waals surface area contributed by atoms with E-state index in [0.29, 0.717) is 29.6 Å². The Morgan fingerprint density at radius 1 is 1.15 bits per heavy atom. The van der Waals surface area contributed by atoms with E-state index >= 15 is 0 Å². The minimum Gasteiger partial charge on any atom is -0.483 e. The first-order valence-electron chi connectivity index (χ1n) is 8.76. The predicted molar refractivity (Wildman–Crippen MR) is 107 cm³/mol. The van der Waals surface area contributed by atoms with E-state index in [9.17, 15) is 9.59 Å². The molecule has 0 aliphatic rings. The van der Waals surface area contributed by atoms with Crippen LogP contribution in [0.2, 0.25) is 0 Å². The molecule has 3 aromatic rings. The molecule has 0 aliphatic carbocycles. The topological polar surface area (TPSA) is 60.3 Å². The van der Waals surface area contributed by atoms with E-state index in [1.807, 2.05) is 37.3 Å². The number of carbonyl (C=O) groups is 1. The van der Waals surface area contributed by atoms with Gasteiger partial charge >= 0.3 is 0 Å². The Bertz CT molecular complexity index is 1020. The van der Waals surface area contributed by atoms with Gasteiger partial charge < -0.3 is 14.6 Å². The van der Waals surface area contributed by atoms with Crippen LogP contribution in [0.15, 0.2) is 72.2 Å². The number of rotatable bonds is 7. The lowest BCUT2D eigenvalue weighted by Gasteiger charge is -2.11. The summed E-state index contributed by atoms with van der Waals surface area (Å²) in [5.74, 6) is 0.299. The number of nitrogens with one attached hydrogen (secondary N) is 1. The molecule has 1 heterocycles. The maximum absolute atomic E-state index is 12.5. The first-order valence-corrected chi connectivity index (χ1v) is 8.76. The van der Waals surface area contributed by atoms with Crippen molar-refractivity contribution in [2.45, 2.75) is 20.0 Å². The highest BCUT2D eigenvalue weighted by Gasteiger charge is 2.09. The second-order valence-electron chi connectivity index (χ2n) is 6.33. The highest BCUT2D eigenvalue weighted by Crippen LogP contribution is 2.23. The number of fused-ring (bicyclic) bond motifs is 1. The Morgan fingerprint density at radius 3 is 2.67 bits per heavy atom. The Morgan fingerprint density at radius 2 is 1.93 bits per heavy atom. The molecule has 1 amide bonds. The van der Waals surface area contributed by atoms with Gasteiger partial charge in [-0.05, 0) is 30.7 Å². The van der Waals surface area contributed by atoms with Crippen LogP contribution < -0.4 is 15.6 Å². The fraction of sp³-hybridized carbons (Fsp3) is 0.182. The van der Waals surface area contributed by atoms with Crippen molar-refractivity contribution in [3.8, 4) is 5.75 Å². The van der Waals surface area contributed by atoms with Crippen molar-refractivity contribution in [1.29, 1.82) is 0 Å². The summed E-state index contributed by atoms with van der Waals surface area (Å²) < 4.78 is 7.24. The fourth-order valence-corrected chi connectivity index (χ4v) is 2.80. The number of nitrogens with zero attached hydrogens (tertiary/aromatic N) is 1. The summed E-state index contributed by atoms with van der Waals surface area (Å²) in [7, 11) is 0. The number of pyridine rings is 1. The molecule has 138 valence electrons. The van der Waals surface area contributed by atoms with Crippen LogP contribution in [0.4, 0.5) is 0 Å². The lowest BCUT2D eigenvalue weighted by molar-refractivity contribution is -0.123. The molecule has 27 heavy (non-hydrogen) atoms. The van der Waals surface area contributed by atoms with E-state index in [1.165, 1.54) is 5.56 Å². The van der Waals surface area contributed by atoms with Crippen molar-refractivity contribution in [1.82, 2.24) is 9.88 Å². The maximum atomic E-state index is 12.5. The molecule has 0 fully saturated rings. The van der Waals surface area contributed by atoms with Crippen molar-refractivity contribution < 1.29 is 9.53 Å². The summed E-state index contributed by atoms with van der Waals surface area (Å²) >= 11 is 0. The van der Waals surface area contributed by atoms with Gasteiger partial charge in [-0.2, -0.15) is 0 Å². The normalized spacial score (nSPS) is 10.6. The number of hydrogen-bond acceptors (Lipinski definition) is 3. The van der Waals surface area contributed by atoms with Gasteiger partial charge in [0, 0.05) is 24.7 Å². The molecule has 0 radical (unpaired) electrons. The molecule has 0 aliphatic heterocycles. The summed E-state index contributed by atoms with van der Waals surface area (Å²) in [5, 5.41) is 4.07. The summed E-state index contributed by atoms with van der Waals surface area (Å²) in [6.45, 7) is 6.46. The SMILES string of the molecule is C=CCn1ccc2c(OCC(=O)NCc3ccc(C)cc3)cccc2c1=O.